The van der Waals surface area contributed by atoms with E-state index in [1.165, 1.54) is 29.5 Å². The average molecular weight is 298 g/mol. The molecule has 0 amide bonds. The fourth-order valence-corrected chi connectivity index (χ4v) is 2.51. The molecule has 0 saturated heterocycles. The number of para-hydroxylation sites is 1. The Balaban J connectivity index is 1.72. The average Bonchev–Trinajstić information content (AvgIpc) is 3.37. The summed E-state index contributed by atoms with van der Waals surface area (Å²) in [4.78, 5) is 0. The lowest BCUT2D eigenvalue weighted by Crippen LogP contribution is -2.84. The number of methoxy groups -OCH3 is 1. The van der Waals surface area contributed by atoms with Crippen molar-refractivity contribution >= 4 is 0 Å². The second-order valence-electron chi connectivity index (χ2n) is 6.00. The molecule has 0 spiro atoms. The van der Waals surface area contributed by atoms with Gasteiger partial charge in [0, 0.05) is 12.8 Å². The van der Waals surface area contributed by atoms with Crippen molar-refractivity contribution in [3.8, 4) is 11.5 Å². The molecule has 2 aromatic rings. The fourth-order valence-electron chi connectivity index (χ4n) is 2.51. The summed E-state index contributed by atoms with van der Waals surface area (Å²) in [5.41, 5.74) is 3.65. The Morgan fingerprint density at radius 1 is 1.09 bits per heavy atom. The predicted octanol–water partition coefficient (Wildman–Crippen LogP) is 2.81. The van der Waals surface area contributed by atoms with Gasteiger partial charge >= 0.3 is 0 Å². The van der Waals surface area contributed by atoms with Crippen molar-refractivity contribution in [1.82, 2.24) is 0 Å². The molecule has 116 valence electrons. The van der Waals surface area contributed by atoms with E-state index in [1.54, 1.807) is 7.11 Å². The number of aryl methyl sites for hydroxylation is 1. The van der Waals surface area contributed by atoms with Crippen LogP contribution in [-0.2, 0) is 13.2 Å². The summed E-state index contributed by atoms with van der Waals surface area (Å²) in [7, 11) is 1.70. The van der Waals surface area contributed by atoms with Crippen LogP contribution in [0.3, 0.4) is 0 Å². The van der Waals surface area contributed by atoms with Crippen molar-refractivity contribution in [1.29, 1.82) is 0 Å². The van der Waals surface area contributed by atoms with Crippen molar-refractivity contribution in [2.45, 2.75) is 39.0 Å². The van der Waals surface area contributed by atoms with Gasteiger partial charge in [0.2, 0.25) is 0 Å². The molecule has 2 N–H and O–H groups in total. The van der Waals surface area contributed by atoms with Gasteiger partial charge in [0.15, 0.2) is 11.5 Å². The third-order valence-electron chi connectivity index (χ3n) is 4.08. The van der Waals surface area contributed by atoms with Crippen LogP contribution >= 0.6 is 0 Å². The van der Waals surface area contributed by atoms with Gasteiger partial charge in [0.25, 0.3) is 0 Å². The minimum absolute atomic E-state index is 0.567. The first-order chi connectivity index (χ1) is 10.8. The highest BCUT2D eigenvalue weighted by molar-refractivity contribution is 5.46. The maximum absolute atomic E-state index is 6.09. The van der Waals surface area contributed by atoms with Gasteiger partial charge in [-0.25, -0.2) is 0 Å². The summed E-state index contributed by atoms with van der Waals surface area (Å²) >= 11 is 0. The first-order valence-corrected chi connectivity index (χ1v) is 7.94. The van der Waals surface area contributed by atoms with Crippen LogP contribution in [0.5, 0.6) is 11.5 Å². The van der Waals surface area contributed by atoms with Crippen LogP contribution in [0.2, 0.25) is 0 Å². The van der Waals surface area contributed by atoms with Gasteiger partial charge in [0.1, 0.15) is 13.2 Å². The molecule has 0 aliphatic heterocycles. The Hall–Kier alpha value is -2.00. The highest BCUT2D eigenvalue weighted by Crippen LogP contribution is 2.31. The van der Waals surface area contributed by atoms with Gasteiger partial charge in [-0.05, 0) is 24.6 Å². The number of ether oxygens (including phenoxy) is 2. The lowest BCUT2D eigenvalue weighted by molar-refractivity contribution is -0.683. The number of hydrogen-bond acceptors (Lipinski definition) is 2. The molecule has 0 aromatic heterocycles. The molecule has 1 fully saturated rings. The van der Waals surface area contributed by atoms with E-state index >= 15 is 0 Å². The van der Waals surface area contributed by atoms with Crippen LogP contribution < -0.4 is 14.8 Å². The molecule has 1 aliphatic carbocycles. The lowest BCUT2D eigenvalue weighted by atomic mass is 10.1. The lowest BCUT2D eigenvalue weighted by Gasteiger charge is -2.14. The van der Waals surface area contributed by atoms with Crippen molar-refractivity contribution in [2.24, 2.45) is 0 Å². The number of nitrogens with two attached hydrogens (primary N) is 1. The van der Waals surface area contributed by atoms with Crippen LogP contribution in [0.15, 0.2) is 42.5 Å². The van der Waals surface area contributed by atoms with Gasteiger partial charge in [0.05, 0.1) is 18.7 Å². The van der Waals surface area contributed by atoms with Crippen molar-refractivity contribution in [2.75, 3.05) is 7.11 Å². The molecule has 0 radical (unpaired) electrons. The molecule has 0 heterocycles. The van der Waals surface area contributed by atoms with E-state index in [2.05, 4.69) is 42.6 Å². The number of hydrogen-bond donors (Lipinski definition) is 1. The summed E-state index contributed by atoms with van der Waals surface area (Å²) in [5, 5.41) is 2.40. The van der Waals surface area contributed by atoms with Crippen LogP contribution in [0, 0.1) is 6.92 Å². The van der Waals surface area contributed by atoms with Gasteiger partial charge in [-0.1, -0.05) is 35.9 Å². The maximum atomic E-state index is 6.09. The minimum Gasteiger partial charge on any atom is -0.493 e. The van der Waals surface area contributed by atoms with E-state index in [9.17, 15) is 0 Å². The van der Waals surface area contributed by atoms with Gasteiger partial charge in [-0.3, -0.25) is 0 Å². The quantitative estimate of drug-likeness (QED) is 0.853. The standard InChI is InChI=1S/C19H23NO2/c1-14-6-8-15(9-7-14)13-22-19-16(12-20-17-10-11-17)4-3-5-18(19)21-2/h3-9,17,20H,10-13H2,1-2H3/p+1. The number of rotatable bonds is 7. The molecule has 2 aromatic carbocycles. The number of benzene rings is 2. The Bertz CT molecular complexity index is 618. The first kappa shape index (κ1) is 14.9. The fraction of sp³-hybridized carbons (Fsp3) is 0.368. The van der Waals surface area contributed by atoms with E-state index < -0.39 is 0 Å². The first-order valence-electron chi connectivity index (χ1n) is 7.94. The molecule has 1 saturated carbocycles. The molecule has 1 aliphatic rings. The highest BCUT2D eigenvalue weighted by atomic mass is 16.5. The Kier molecular flexibility index (Phi) is 4.64. The SMILES string of the molecule is COc1cccc(C[NH2+]C2CC2)c1OCc1ccc(C)cc1. The van der Waals surface area contributed by atoms with Crippen LogP contribution in [-0.4, -0.2) is 13.2 Å². The Labute approximate surface area is 132 Å². The molecular weight excluding hydrogens is 274 g/mol. The van der Waals surface area contributed by atoms with Crippen molar-refractivity contribution in [3.05, 3.63) is 59.2 Å². The zero-order valence-corrected chi connectivity index (χ0v) is 13.3. The summed E-state index contributed by atoms with van der Waals surface area (Å²) in [6, 6.07) is 15.4. The maximum Gasteiger partial charge on any atom is 0.170 e. The number of quaternary nitrogens is 1. The van der Waals surface area contributed by atoms with Crippen LogP contribution in [0.25, 0.3) is 0 Å². The molecule has 0 atom stereocenters. The van der Waals surface area contributed by atoms with E-state index in [0.29, 0.717) is 6.61 Å². The highest BCUT2D eigenvalue weighted by Gasteiger charge is 2.25. The van der Waals surface area contributed by atoms with Crippen molar-refractivity contribution in [3.63, 3.8) is 0 Å². The third kappa shape index (κ3) is 3.80. The predicted molar refractivity (Wildman–Crippen MR) is 87.2 cm³/mol. The van der Waals surface area contributed by atoms with Crippen molar-refractivity contribution < 1.29 is 14.8 Å². The van der Waals surface area contributed by atoms with Crippen LogP contribution in [0.4, 0.5) is 0 Å². The van der Waals surface area contributed by atoms with E-state index in [4.69, 9.17) is 9.47 Å². The zero-order chi connectivity index (χ0) is 15.4. The topological polar surface area (TPSA) is 35.1 Å². The molecule has 3 rings (SSSR count). The van der Waals surface area contributed by atoms with E-state index in [-0.39, 0.29) is 0 Å². The molecule has 22 heavy (non-hydrogen) atoms. The largest absolute Gasteiger partial charge is 0.493 e. The van der Waals surface area contributed by atoms with Crippen LogP contribution in [0.1, 0.15) is 29.5 Å². The second kappa shape index (κ2) is 6.84. The minimum atomic E-state index is 0.567. The van der Waals surface area contributed by atoms with Gasteiger partial charge in [-0.15, -0.1) is 0 Å². The summed E-state index contributed by atoms with van der Waals surface area (Å²) in [6.45, 7) is 3.61. The third-order valence-corrected chi connectivity index (χ3v) is 4.08. The summed E-state index contributed by atoms with van der Waals surface area (Å²) in [6.07, 6.45) is 2.67. The van der Waals surface area contributed by atoms with Gasteiger partial charge in [-0.2, -0.15) is 0 Å². The molecular formula is C19H24NO2+. The van der Waals surface area contributed by atoms with E-state index in [0.717, 1.165) is 24.1 Å². The van der Waals surface area contributed by atoms with Gasteiger partial charge < -0.3 is 14.8 Å². The van der Waals surface area contributed by atoms with E-state index in [1.807, 2.05) is 12.1 Å². The molecule has 0 bridgehead atoms. The normalized spacial score (nSPS) is 13.9. The summed E-state index contributed by atoms with van der Waals surface area (Å²) < 4.78 is 11.6. The molecule has 3 heteroatoms. The Morgan fingerprint density at radius 3 is 2.55 bits per heavy atom. The Morgan fingerprint density at radius 2 is 1.86 bits per heavy atom. The molecule has 3 nitrogen and oxygen atoms in total. The smallest absolute Gasteiger partial charge is 0.170 e. The second-order valence-corrected chi connectivity index (χ2v) is 6.00. The zero-order valence-electron chi connectivity index (χ0n) is 13.3. The molecule has 0 unspecified atom stereocenters. The summed E-state index contributed by atoms with van der Waals surface area (Å²) in [5.74, 6) is 1.69. The monoisotopic (exact) mass is 298 g/mol.